The molecule has 1 rings (SSSR count). The minimum atomic E-state index is -6.00. The Hall–Kier alpha value is -0.852. The van der Waals surface area contributed by atoms with Crippen molar-refractivity contribution in [1.29, 1.82) is 0 Å². The molecule has 248 valence electrons. The van der Waals surface area contributed by atoms with Crippen molar-refractivity contribution in [3.05, 3.63) is 47.2 Å². The minimum absolute atomic E-state index is 0. The van der Waals surface area contributed by atoms with Crippen molar-refractivity contribution in [3.8, 4) is 0 Å². The number of benzene rings is 1. The number of hydrogen-bond donors (Lipinski definition) is 0. The van der Waals surface area contributed by atoms with E-state index in [4.69, 9.17) is 13.6 Å². The van der Waals surface area contributed by atoms with Crippen molar-refractivity contribution in [3.63, 3.8) is 0 Å². The van der Waals surface area contributed by atoms with Crippen LogP contribution >= 0.6 is 8.60 Å². The molecule has 0 aliphatic rings. The topological polar surface area (TPSA) is 67.8 Å². The van der Waals surface area contributed by atoms with Gasteiger partial charge in [0, 0.05) is 5.41 Å². The molecule has 1 aromatic rings. The van der Waals surface area contributed by atoms with Crippen LogP contribution in [-0.4, -0.2) is 31.3 Å². The quantitative estimate of drug-likeness (QED) is 0.0883. The van der Waals surface area contributed by atoms with Gasteiger partial charge in [-0.1, -0.05) is 85.2 Å². The number of rotatable bonds is 8. The largest absolute Gasteiger partial charge is 2.00 e. The molecular weight excluding hydrogens is 659 g/mol. The first-order valence-corrected chi connectivity index (χ1v) is 14.9. The Morgan fingerprint density at radius 1 is 0.762 bits per heavy atom. The summed E-state index contributed by atoms with van der Waals surface area (Å²) >= 11 is 0. The summed E-state index contributed by atoms with van der Waals surface area (Å²) in [5.74, 6) is 0.445. The number of carbonyl (C=O) groups excluding carboxylic acids is 1. The molecule has 0 radical (unpaired) electrons. The predicted octanol–water partition coefficient (Wildman–Crippen LogP) is 9.80. The molecule has 42 heavy (non-hydrogen) atoms. The van der Waals surface area contributed by atoms with Crippen LogP contribution in [0.15, 0.2) is 36.1 Å². The normalized spacial score (nSPS) is 12.2. The predicted molar refractivity (Wildman–Crippen MR) is 163 cm³/mol. The Kier molecular flexibility index (Phi) is 25.9. The number of carbonyl (C=O) groups is 1. The van der Waals surface area contributed by atoms with E-state index in [0.29, 0.717) is 5.92 Å². The maximum absolute atomic E-state index is 11.4. The van der Waals surface area contributed by atoms with Crippen LogP contribution in [0.1, 0.15) is 114 Å². The van der Waals surface area contributed by atoms with Gasteiger partial charge in [0.15, 0.2) is 5.78 Å². The summed E-state index contributed by atoms with van der Waals surface area (Å²) in [4.78, 5) is 11.4. The molecule has 0 heterocycles. The van der Waals surface area contributed by atoms with Gasteiger partial charge in [-0.25, -0.2) is 0 Å². The number of allylic oxidation sites excluding steroid dienone is 2. The molecule has 12 heteroatoms. The second-order valence-electron chi connectivity index (χ2n) is 12.6. The Balaban J connectivity index is -0.000000237. The zero-order valence-electron chi connectivity index (χ0n) is 28.1. The van der Waals surface area contributed by atoms with Crippen molar-refractivity contribution >= 4 is 21.6 Å². The van der Waals surface area contributed by atoms with Crippen LogP contribution < -0.4 is 5.11 Å². The number of hydrogen-bond acceptors (Lipinski definition) is 5. The van der Waals surface area contributed by atoms with Gasteiger partial charge in [0.1, 0.15) is 0 Å². The fraction of sp³-hybridized carbons (Fsp3) is 0.700. The van der Waals surface area contributed by atoms with Gasteiger partial charge in [-0.15, -0.1) is 5.76 Å². The van der Waals surface area contributed by atoms with E-state index >= 15 is 0 Å². The van der Waals surface area contributed by atoms with Gasteiger partial charge in [0.25, 0.3) is 0 Å². The third kappa shape index (κ3) is 33.6. The first-order chi connectivity index (χ1) is 18.2. The van der Waals surface area contributed by atoms with Crippen molar-refractivity contribution in [1.82, 2.24) is 0 Å². The summed E-state index contributed by atoms with van der Waals surface area (Å²) in [6.07, 6.45) is 1.65. The molecule has 0 aliphatic heterocycles. The van der Waals surface area contributed by atoms with Crippen LogP contribution in [0.25, 0.3) is 0 Å². The second kappa shape index (κ2) is 22.6. The van der Waals surface area contributed by atoms with Crippen LogP contribution in [0.2, 0.25) is 0 Å². The van der Waals surface area contributed by atoms with E-state index in [1.165, 1.54) is 17.2 Å². The van der Waals surface area contributed by atoms with E-state index < -0.39 is 26.7 Å². The van der Waals surface area contributed by atoms with Gasteiger partial charge in [-0.2, -0.15) is 0 Å². The second-order valence-corrected chi connectivity index (χ2v) is 13.7. The molecule has 0 aromatic heterocycles. The summed E-state index contributed by atoms with van der Waals surface area (Å²) in [5, 5.41) is 11.4. The van der Waals surface area contributed by atoms with Crippen LogP contribution in [0.4, 0.5) is 17.3 Å². The molecule has 0 atom stereocenters. The molecule has 0 saturated carbocycles. The fourth-order valence-electron chi connectivity index (χ4n) is 2.09. The molecule has 5 nitrogen and oxygen atoms in total. The number of ketones is 1. The fourth-order valence-corrected chi connectivity index (χ4v) is 3.28. The van der Waals surface area contributed by atoms with E-state index in [0.717, 1.165) is 0 Å². The standard InChI is InChI=1S/C11H20O2.C10H14.C9H21O3P.BF4.Ru/c1-10(2,3)8(12)7-9(13)11(4,5)6;1-8(2)10-6-4-9(3)5-7-10;1-7(2)10-13(11-8(3)4)12-9(5)6;2-1(3,4)5;/h7,12H,1-6H3;4-8H,1-3H3;7-9H,1-6H3;;/q;;;-1;+2/p-1/b8-7-;;;;. The summed E-state index contributed by atoms with van der Waals surface area (Å²) < 4.78 is 55.5. The Bertz CT molecular complexity index is 835. The summed E-state index contributed by atoms with van der Waals surface area (Å²) in [6.45, 7) is 29.2. The van der Waals surface area contributed by atoms with E-state index in [9.17, 15) is 27.2 Å². The molecule has 0 unspecified atom stereocenters. The van der Waals surface area contributed by atoms with Gasteiger partial charge in [0.05, 0.1) is 18.3 Å². The average Bonchev–Trinajstić information content (AvgIpc) is 2.71. The zero-order valence-corrected chi connectivity index (χ0v) is 30.8. The van der Waals surface area contributed by atoms with Crippen molar-refractivity contribution < 1.29 is 60.2 Å². The Morgan fingerprint density at radius 2 is 1.07 bits per heavy atom. The number of aryl methyl sites for hydroxylation is 1. The van der Waals surface area contributed by atoms with Gasteiger partial charge < -0.3 is 35.9 Å². The molecule has 0 saturated heterocycles. The SMILES string of the molecule is CC(C)(C)C(=O)/C=C(\[O-])C(C)(C)C.CC(C)OP(OC(C)C)OC(C)C.Cc1ccc(C(C)C)cc1.F[B-](F)(F)F.[Ru+2]. The van der Waals surface area contributed by atoms with Crippen molar-refractivity contribution in [2.75, 3.05) is 0 Å². The van der Waals surface area contributed by atoms with Crippen LogP contribution in [0.5, 0.6) is 0 Å². The summed E-state index contributed by atoms with van der Waals surface area (Å²) in [7, 11) is -7.18. The van der Waals surface area contributed by atoms with Gasteiger partial charge in [-0.05, 0) is 71.4 Å². The monoisotopic (exact) mass is 714 g/mol. The Morgan fingerprint density at radius 3 is 1.29 bits per heavy atom. The van der Waals surface area contributed by atoms with Gasteiger partial charge in [-0.3, -0.25) is 4.79 Å². The maximum Gasteiger partial charge on any atom is 2.00 e. The summed E-state index contributed by atoms with van der Waals surface area (Å²) in [5.41, 5.74) is 1.84. The molecular formula is C30H54BF4O5PRu. The Labute approximate surface area is 267 Å². The smallest absolute Gasteiger partial charge is 0.875 e. The van der Waals surface area contributed by atoms with Gasteiger partial charge in [0.2, 0.25) is 0 Å². The van der Waals surface area contributed by atoms with Crippen LogP contribution in [0, 0.1) is 17.8 Å². The average molecular weight is 714 g/mol. The van der Waals surface area contributed by atoms with E-state index in [1.54, 1.807) is 0 Å². The van der Waals surface area contributed by atoms with E-state index in [2.05, 4.69) is 45.0 Å². The first kappa shape index (κ1) is 48.1. The van der Waals surface area contributed by atoms with Crippen LogP contribution in [-0.2, 0) is 37.8 Å². The van der Waals surface area contributed by atoms with Crippen molar-refractivity contribution in [2.24, 2.45) is 10.8 Å². The molecule has 0 amide bonds. The third-order valence-corrected chi connectivity index (χ3v) is 6.16. The molecule has 0 spiro atoms. The van der Waals surface area contributed by atoms with Gasteiger partial charge >= 0.3 is 35.3 Å². The molecule has 0 N–H and O–H groups in total. The minimum Gasteiger partial charge on any atom is -0.875 e. The zero-order chi connectivity index (χ0) is 33.4. The van der Waals surface area contributed by atoms with Crippen molar-refractivity contribution in [2.45, 2.75) is 128 Å². The number of halogens is 4. The summed E-state index contributed by atoms with van der Waals surface area (Å²) in [6, 6.07) is 8.71. The molecule has 0 aliphatic carbocycles. The molecule has 1 aromatic carbocycles. The molecule has 0 bridgehead atoms. The van der Waals surface area contributed by atoms with E-state index in [1.807, 2.05) is 83.1 Å². The molecule has 0 fully saturated rings. The van der Waals surface area contributed by atoms with E-state index in [-0.39, 0.29) is 49.3 Å². The maximum atomic E-state index is 11.4. The first-order valence-electron chi connectivity index (χ1n) is 13.8. The van der Waals surface area contributed by atoms with Crippen LogP contribution in [0.3, 0.4) is 0 Å². The third-order valence-electron chi connectivity index (χ3n) is 4.38.